The van der Waals surface area contributed by atoms with Crippen LogP contribution in [0, 0.1) is 0 Å². The van der Waals surface area contributed by atoms with E-state index in [1.807, 2.05) is 41.3 Å². The van der Waals surface area contributed by atoms with Crippen LogP contribution in [0.2, 0.25) is 0 Å². The summed E-state index contributed by atoms with van der Waals surface area (Å²) in [7, 11) is 9.51. The topological polar surface area (TPSA) is 114 Å². The molecule has 4 rings (SSSR count). The third kappa shape index (κ3) is 9.70. The first-order valence-corrected chi connectivity index (χ1v) is 16.3. The van der Waals surface area contributed by atoms with Crippen LogP contribution in [0.25, 0.3) is 12.2 Å². The zero-order chi connectivity index (χ0) is 35.2. The van der Waals surface area contributed by atoms with Crippen molar-refractivity contribution < 1.29 is 47.5 Å². The van der Waals surface area contributed by atoms with E-state index in [0.29, 0.717) is 47.6 Å². The Hall–Kier alpha value is -4.68. The van der Waals surface area contributed by atoms with Crippen molar-refractivity contribution in [2.75, 3.05) is 75.4 Å². The standard InChI is InChI=1S/C37H48N2O10/c1-42-29-22-27(23-30(43-2)35(29)46-5)14-9-7-11-18-38-19-13-21-39(37(26-38)48-33(40)16-17-34(41)49-37)20-12-8-10-15-28-24-31(44-3)36(47-6)32(25-28)45-4/h9-10,14-17,22-25H,7-8,11-13,18-21,26H2,1-6H3/b14-9+,15-10+. The highest BCUT2D eigenvalue weighted by Gasteiger charge is 2.48. The molecule has 2 aromatic carbocycles. The van der Waals surface area contributed by atoms with Crippen molar-refractivity contribution in [3.63, 3.8) is 0 Å². The van der Waals surface area contributed by atoms with Gasteiger partial charge in [0.15, 0.2) is 23.0 Å². The predicted octanol–water partition coefficient (Wildman–Crippen LogP) is 5.34. The van der Waals surface area contributed by atoms with Crippen LogP contribution >= 0.6 is 0 Å². The average Bonchev–Trinajstić information content (AvgIpc) is 3.36. The van der Waals surface area contributed by atoms with Crippen molar-refractivity contribution in [3.05, 3.63) is 59.7 Å². The molecule has 0 aromatic heterocycles. The fourth-order valence-electron chi connectivity index (χ4n) is 5.99. The van der Waals surface area contributed by atoms with Gasteiger partial charge in [0.1, 0.15) is 0 Å². The summed E-state index contributed by atoms with van der Waals surface area (Å²) in [5.41, 5.74) is 1.84. The molecule has 2 heterocycles. The lowest BCUT2D eigenvalue weighted by atomic mass is 10.1. The van der Waals surface area contributed by atoms with Crippen molar-refractivity contribution in [3.8, 4) is 34.5 Å². The number of nitrogens with zero attached hydrogens (tertiary/aromatic N) is 2. The second-order valence-corrected chi connectivity index (χ2v) is 11.5. The normalized spacial score (nSPS) is 16.7. The molecular weight excluding hydrogens is 632 g/mol. The number of allylic oxidation sites excluding steroid dienone is 2. The lowest BCUT2D eigenvalue weighted by Gasteiger charge is -2.40. The van der Waals surface area contributed by atoms with Crippen molar-refractivity contribution in [1.29, 1.82) is 0 Å². The average molecular weight is 681 g/mol. The molecule has 266 valence electrons. The van der Waals surface area contributed by atoms with Gasteiger partial charge >= 0.3 is 17.8 Å². The van der Waals surface area contributed by atoms with E-state index in [1.54, 1.807) is 42.7 Å². The smallest absolute Gasteiger partial charge is 0.335 e. The fraction of sp³-hybridized carbons (Fsp3) is 0.459. The second kappa shape index (κ2) is 18.2. The van der Waals surface area contributed by atoms with Crippen LogP contribution in [0.1, 0.15) is 43.2 Å². The van der Waals surface area contributed by atoms with Gasteiger partial charge in [0, 0.05) is 25.2 Å². The third-order valence-electron chi connectivity index (χ3n) is 8.32. The van der Waals surface area contributed by atoms with Gasteiger partial charge in [-0.25, -0.2) is 14.5 Å². The minimum atomic E-state index is -1.51. The number of hydrogen-bond donors (Lipinski definition) is 0. The fourth-order valence-corrected chi connectivity index (χ4v) is 5.99. The van der Waals surface area contributed by atoms with Crippen LogP contribution < -0.4 is 28.4 Å². The SMILES string of the molecule is COc1cc(/C=C/CCCN2CCCN(CCC/C=C/c3cc(OC)c(OC)c(OC)c3)C3(C2)OC(=O)C=CC(=O)O3)cc(OC)c1OC. The molecule has 0 atom stereocenters. The zero-order valence-electron chi connectivity index (χ0n) is 29.3. The van der Waals surface area contributed by atoms with Crippen LogP contribution in [0.5, 0.6) is 34.5 Å². The maximum atomic E-state index is 12.7. The number of unbranched alkanes of at least 4 members (excludes halogenated alkanes) is 2. The summed E-state index contributed by atoms with van der Waals surface area (Å²) >= 11 is 0. The number of benzene rings is 2. The highest BCUT2D eigenvalue weighted by Crippen LogP contribution is 2.39. The molecule has 0 N–H and O–H groups in total. The molecule has 0 saturated carbocycles. The molecule has 1 spiro atoms. The van der Waals surface area contributed by atoms with Gasteiger partial charge in [-0.3, -0.25) is 4.90 Å². The van der Waals surface area contributed by atoms with Gasteiger partial charge in [-0.05, 0) is 80.6 Å². The van der Waals surface area contributed by atoms with Gasteiger partial charge in [-0.15, -0.1) is 0 Å². The van der Waals surface area contributed by atoms with Crippen LogP contribution in [0.3, 0.4) is 0 Å². The Bertz CT molecular complexity index is 1450. The lowest BCUT2D eigenvalue weighted by Crippen LogP contribution is -2.59. The molecule has 2 aliphatic rings. The van der Waals surface area contributed by atoms with E-state index >= 15 is 0 Å². The Kier molecular flexibility index (Phi) is 13.8. The zero-order valence-corrected chi connectivity index (χ0v) is 29.3. The molecule has 0 unspecified atom stereocenters. The Balaban J connectivity index is 1.38. The monoisotopic (exact) mass is 680 g/mol. The van der Waals surface area contributed by atoms with Gasteiger partial charge in [-0.2, -0.15) is 0 Å². The van der Waals surface area contributed by atoms with E-state index in [9.17, 15) is 9.59 Å². The summed E-state index contributed by atoms with van der Waals surface area (Å²) in [6, 6.07) is 7.57. The molecule has 0 amide bonds. The number of carbonyl (C=O) groups is 2. The molecule has 2 aromatic rings. The van der Waals surface area contributed by atoms with E-state index in [0.717, 1.165) is 68.5 Å². The molecule has 2 aliphatic heterocycles. The molecule has 1 saturated heterocycles. The lowest BCUT2D eigenvalue weighted by molar-refractivity contribution is -0.283. The van der Waals surface area contributed by atoms with E-state index in [4.69, 9.17) is 37.9 Å². The largest absolute Gasteiger partial charge is 0.493 e. The minimum Gasteiger partial charge on any atom is -0.493 e. The van der Waals surface area contributed by atoms with E-state index in [-0.39, 0.29) is 6.54 Å². The number of ether oxygens (including phenoxy) is 8. The minimum absolute atomic E-state index is 0.254. The number of esters is 2. The summed E-state index contributed by atoms with van der Waals surface area (Å²) in [5.74, 6) is 0.720. The maximum Gasteiger partial charge on any atom is 0.335 e. The summed E-state index contributed by atoms with van der Waals surface area (Å²) in [4.78, 5) is 29.5. The van der Waals surface area contributed by atoms with Crippen molar-refractivity contribution >= 4 is 24.1 Å². The number of carbonyl (C=O) groups excluding carboxylic acids is 2. The molecule has 12 heteroatoms. The second-order valence-electron chi connectivity index (χ2n) is 11.5. The van der Waals surface area contributed by atoms with Crippen LogP contribution in [0.15, 0.2) is 48.6 Å². The van der Waals surface area contributed by atoms with Crippen LogP contribution in [-0.4, -0.2) is 103 Å². The first-order chi connectivity index (χ1) is 23.8. The number of methoxy groups -OCH3 is 6. The Labute approximate surface area is 288 Å². The Morgan fingerprint density at radius 1 is 0.653 bits per heavy atom. The molecule has 0 bridgehead atoms. The highest BCUT2D eigenvalue weighted by atomic mass is 16.8. The van der Waals surface area contributed by atoms with Gasteiger partial charge in [0.25, 0.3) is 0 Å². The summed E-state index contributed by atoms with van der Waals surface area (Å²) < 4.78 is 44.5. The van der Waals surface area contributed by atoms with Gasteiger partial charge in [0.05, 0.1) is 49.2 Å². The summed E-state index contributed by atoms with van der Waals surface area (Å²) in [6.07, 6.45) is 14.4. The molecule has 1 fully saturated rings. The van der Waals surface area contributed by atoms with Crippen molar-refractivity contribution in [2.24, 2.45) is 0 Å². The van der Waals surface area contributed by atoms with E-state index in [2.05, 4.69) is 17.1 Å². The maximum absolute atomic E-state index is 12.7. The highest BCUT2D eigenvalue weighted by molar-refractivity contribution is 5.93. The molecule has 0 aliphatic carbocycles. The number of rotatable bonds is 16. The molecule has 12 nitrogen and oxygen atoms in total. The van der Waals surface area contributed by atoms with Gasteiger partial charge < -0.3 is 37.9 Å². The Morgan fingerprint density at radius 2 is 1.10 bits per heavy atom. The molecule has 0 radical (unpaired) electrons. The first kappa shape index (κ1) is 37.1. The quantitative estimate of drug-likeness (QED) is 0.168. The van der Waals surface area contributed by atoms with Crippen LogP contribution in [-0.2, 0) is 19.1 Å². The Morgan fingerprint density at radius 3 is 1.53 bits per heavy atom. The van der Waals surface area contributed by atoms with Crippen molar-refractivity contribution in [2.45, 2.75) is 38.0 Å². The molecule has 49 heavy (non-hydrogen) atoms. The van der Waals surface area contributed by atoms with Gasteiger partial charge in [-0.1, -0.05) is 24.3 Å². The van der Waals surface area contributed by atoms with Crippen molar-refractivity contribution in [1.82, 2.24) is 9.80 Å². The van der Waals surface area contributed by atoms with Crippen LogP contribution in [0.4, 0.5) is 0 Å². The number of hydrogen-bond acceptors (Lipinski definition) is 12. The summed E-state index contributed by atoms with van der Waals surface area (Å²) in [6.45, 7) is 2.93. The van der Waals surface area contributed by atoms with E-state index in [1.165, 1.54) is 0 Å². The molecular formula is C37H48N2O10. The van der Waals surface area contributed by atoms with E-state index < -0.39 is 17.8 Å². The van der Waals surface area contributed by atoms with Gasteiger partial charge in [0.2, 0.25) is 11.5 Å². The predicted molar refractivity (Wildman–Crippen MR) is 185 cm³/mol. The first-order valence-electron chi connectivity index (χ1n) is 16.3. The third-order valence-corrected chi connectivity index (χ3v) is 8.32. The summed E-state index contributed by atoms with van der Waals surface area (Å²) in [5, 5.41) is 0.